The molecule has 94 valence electrons. The molecule has 0 aliphatic heterocycles. The summed E-state index contributed by atoms with van der Waals surface area (Å²) in [6, 6.07) is 3.95. The van der Waals surface area contributed by atoms with Gasteiger partial charge in [-0.25, -0.2) is 4.39 Å². The SMILES string of the molecule is CCC(C)(CCl)NC(=O)c1ccc(Cl)cc1F. The van der Waals surface area contributed by atoms with Crippen LogP contribution in [0.4, 0.5) is 4.39 Å². The van der Waals surface area contributed by atoms with E-state index in [0.29, 0.717) is 6.42 Å². The highest BCUT2D eigenvalue weighted by Gasteiger charge is 2.24. The van der Waals surface area contributed by atoms with Crippen LogP contribution in [0, 0.1) is 5.82 Å². The lowest BCUT2D eigenvalue weighted by atomic mass is 10.0. The van der Waals surface area contributed by atoms with Crippen LogP contribution in [0.25, 0.3) is 0 Å². The molecule has 1 atom stereocenters. The second-order valence-electron chi connectivity index (χ2n) is 4.13. The predicted octanol–water partition coefficient (Wildman–Crippen LogP) is 3.62. The van der Waals surface area contributed by atoms with E-state index in [4.69, 9.17) is 23.2 Å². The van der Waals surface area contributed by atoms with Gasteiger partial charge in [0.05, 0.1) is 11.1 Å². The topological polar surface area (TPSA) is 29.1 Å². The molecule has 0 heterocycles. The average molecular weight is 278 g/mol. The van der Waals surface area contributed by atoms with Crippen molar-refractivity contribution in [1.29, 1.82) is 0 Å². The summed E-state index contributed by atoms with van der Waals surface area (Å²) in [5.41, 5.74) is -0.566. The van der Waals surface area contributed by atoms with Crippen LogP contribution in [0.5, 0.6) is 0 Å². The summed E-state index contributed by atoms with van der Waals surface area (Å²) in [5.74, 6) is -0.850. The third-order valence-electron chi connectivity index (χ3n) is 2.67. The van der Waals surface area contributed by atoms with Crippen molar-refractivity contribution < 1.29 is 9.18 Å². The average Bonchev–Trinajstić information content (AvgIpc) is 2.28. The summed E-state index contributed by atoms with van der Waals surface area (Å²) < 4.78 is 13.5. The zero-order valence-electron chi connectivity index (χ0n) is 9.69. The molecule has 0 spiro atoms. The predicted molar refractivity (Wildman–Crippen MR) is 68.3 cm³/mol. The molecule has 17 heavy (non-hydrogen) atoms. The molecular weight excluding hydrogens is 264 g/mol. The summed E-state index contributed by atoms with van der Waals surface area (Å²) in [4.78, 5) is 11.9. The Kier molecular flexibility index (Phi) is 4.78. The quantitative estimate of drug-likeness (QED) is 0.837. The maximum atomic E-state index is 13.5. The van der Waals surface area contributed by atoms with Crippen molar-refractivity contribution in [3.63, 3.8) is 0 Å². The lowest BCUT2D eigenvalue weighted by molar-refractivity contribution is 0.0908. The van der Waals surface area contributed by atoms with E-state index in [1.54, 1.807) is 0 Å². The van der Waals surface area contributed by atoms with Crippen molar-refractivity contribution in [3.8, 4) is 0 Å². The number of benzene rings is 1. The van der Waals surface area contributed by atoms with Crippen LogP contribution in [-0.2, 0) is 0 Å². The molecule has 1 rings (SSSR count). The second-order valence-corrected chi connectivity index (χ2v) is 4.83. The van der Waals surface area contributed by atoms with Gasteiger partial charge in [-0.2, -0.15) is 0 Å². The van der Waals surface area contributed by atoms with Gasteiger partial charge in [0.25, 0.3) is 5.91 Å². The number of carbonyl (C=O) groups is 1. The Morgan fingerprint density at radius 1 is 1.53 bits per heavy atom. The Hall–Kier alpha value is -0.800. The summed E-state index contributed by atoms with van der Waals surface area (Å²) in [6.07, 6.45) is 0.664. The van der Waals surface area contributed by atoms with Gasteiger partial charge in [0.15, 0.2) is 0 Å². The maximum Gasteiger partial charge on any atom is 0.254 e. The molecule has 1 N–H and O–H groups in total. The molecule has 0 bridgehead atoms. The Morgan fingerprint density at radius 3 is 2.65 bits per heavy atom. The largest absolute Gasteiger partial charge is 0.346 e. The zero-order chi connectivity index (χ0) is 13.1. The highest BCUT2D eigenvalue weighted by molar-refractivity contribution is 6.30. The number of amides is 1. The van der Waals surface area contributed by atoms with Gasteiger partial charge in [-0.15, -0.1) is 11.6 Å². The molecule has 0 saturated heterocycles. The van der Waals surface area contributed by atoms with Crippen molar-refractivity contribution in [2.45, 2.75) is 25.8 Å². The Labute approximate surface area is 110 Å². The fraction of sp³-hybridized carbons (Fsp3) is 0.417. The number of rotatable bonds is 4. The monoisotopic (exact) mass is 277 g/mol. The van der Waals surface area contributed by atoms with Gasteiger partial charge in [0, 0.05) is 10.9 Å². The first kappa shape index (κ1) is 14.3. The normalized spacial score (nSPS) is 14.2. The van der Waals surface area contributed by atoms with Gasteiger partial charge >= 0.3 is 0 Å². The molecule has 0 aliphatic rings. The highest BCUT2D eigenvalue weighted by atomic mass is 35.5. The van der Waals surface area contributed by atoms with Crippen LogP contribution in [0.1, 0.15) is 30.6 Å². The van der Waals surface area contributed by atoms with Gasteiger partial charge in [0.2, 0.25) is 0 Å². The first-order valence-electron chi connectivity index (χ1n) is 5.25. The molecule has 1 aromatic carbocycles. The zero-order valence-corrected chi connectivity index (χ0v) is 11.2. The molecule has 0 fully saturated rings. The Bertz CT molecular complexity index is 419. The van der Waals surface area contributed by atoms with Gasteiger partial charge in [-0.3, -0.25) is 4.79 Å². The van der Waals surface area contributed by atoms with Crippen molar-refractivity contribution in [3.05, 3.63) is 34.6 Å². The minimum absolute atomic E-state index is 0.0285. The van der Waals surface area contributed by atoms with E-state index >= 15 is 0 Å². The Balaban J connectivity index is 2.90. The summed E-state index contributed by atoms with van der Waals surface area (Å²) in [5, 5.41) is 2.97. The van der Waals surface area contributed by atoms with Crippen LogP contribution in [0.3, 0.4) is 0 Å². The number of hydrogen-bond donors (Lipinski definition) is 1. The van der Waals surface area contributed by atoms with Crippen LogP contribution >= 0.6 is 23.2 Å². The first-order valence-corrected chi connectivity index (χ1v) is 6.16. The van der Waals surface area contributed by atoms with E-state index in [1.165, 1.54) is 12.1 Å². The molecule has 0 radical (unpaired) electrons. The van der Waals surface area contributed by atoms with E-state index in [2.05, 4.69) is 5.32 Å². The summed E-state index contributed by atoms with van der Waals surface area (Å²) >= 11 is 11.4. The molecule has 1 amide bonds. The van der Waals surface area contributed by atoms with Crippen molar-refractivity contribution in [1.82, 2.24) is 5.32 Å². The second kappa shape index (κ2) is 5.69. The van der Waals surface area contributed by atoms with Crippen molar-refractivity contribution in [2.75, 3.05) is 5.88 Å². The molecule has 1 aromatic rings. The van der Waals surface area contributed by atoms with E-state index < -0.39 is 17.3 Å². The first-order chi connectivity index (χ1) is 7.91. The van der Waals surface area contributed by atoms with E-state index in [1.807, 2.05) is 13.8 Å². The number of carbonyl (C=O) groups excluding carboxylic acids is 1. The molecule has 0 aliphatic carbocycles. The molecule has 0 saturated carbocycles. The van der Waals surface area contributed by atoms with Crippen molar-refractivity contribution in [2.24, 2.45) is 0 Å². The number of hydrogen-bond acceptors (Lipinski definition) is 1. The molecule has 1 unspecified atom stereocenters. The van der Waals surface area contributed by atoms with Crippen molar-refractivity contribution >= 4 is 29.1 Å². The minimum Gasteiger partial charge on any atom is -0.346 e. The third-order valence-corrected chi connectivity index (χ3v) is 3.49. The fourth-order valence-corrected chi connectivity index (χ4v) is 1.65. The van der Waals surface area contributed by atoms with Gasteiger partial charge in [0.1, 0.15) is 5.82 Å². The number of nitrogens with one attached hydrogen (secondary N) is 1. The lowest BCUT2D eigenvalue weighted by Crippen LogP contribution is -2.47. The van der Waals surface area contributed by atoms with Crippen LogP contribution < -0.4 is 5.32 Å². The van der Waals surface area contributed by atoms with Gasteiger partial charge in [-0.05, 0) is 31.5 Å². The van der Waals surface area contributed by atoms with E-state index in [9.17, 15) is 9.18 Å². The Morgan fingerprint density at radius 2 is 2.18 bits per heavy atom. The molecule has 0 aromatic heterocycles. The lowest BCUT2D eigenvalue weighted by Gasteiger charge is -2.27. The van der Waals surface area contributed by atoms with Gasteiger partial charge < -0.3 is 5.32 Å². The third kappa shape index (κ3) is 3.58. The van der Waals surface area contributed by atoms with Gasteiger partial charge in [-0.1, -0.05) is 18.5 Å². The smallest absolute Gasteiger partial charge is 0.254 e. The van der Waals surface area contributed by atoms with Crippen LogP contribution in [0.15, 0.2) is 18.2 Å². The van der Waals surface area contributed by atoms with E-state index in [-0.39, 0.29) is 16.5 Å². The minimum atomic E-state index is -0.636. The number of halogens is 3. The molecule has 2 nitrogen and oxygen atoms in total. The maximum absolute atomic E-state index is 13.5. The highest BCUT2D eigenvalue weighted by Crippen LogP contribution is 2.17. The van der Waals surface area contributed by atoms with Crippen LogP contribution in [0.2, 0.25) is 5.02 Å². The van der Waals surface area contributed by atoms with Crippen LogP contribution in [-0.4, -0.2) is 17.3 Å². The summed E-state index contributed by atoms with van der Waals surface area (Å²) in [6.45, 7) is 3.71. The fourth-order valence-electron chi connectivity index (χ4n) is 1.23. The molecular formula is C12H14Cl2FNO. The summed E-state index contributed by atoms with van der Waals surface area (Å²) in [7, 11) is 0. The molecule has 5 heteroatoms. The number of alkyl halides is 1. The standard InChI is InChI=1S/C12H14Cl2FNO/c1-3-12(2,7-13)16-11(17)9-5-4-8(14)6-10(9)15/h4-6H,3,7H2,1-2H3,(H,16,17). The van der Waals surface area contributed by atoms with E-state index in [0.717, 1.165) is 6.07 Å².